The highest BCUT2D eigenvalue weighted by atomic mass is 16.5. The minimum atomic E-state index is -0.236. The number of carbonyl (C=O) groups excluding carboxylic acids is 1. The molecular formula is C17H20N6O2. The minimum Gasteiger partial charge on any atom is -0.343 e. The second-order valence-electron chi connectivity index (χ2n) is 6.42. The summed E-state index contributed by atoms with van der Waals surface area (Å²) in [5.41, 5.74) is 1.92. The average molecular weight is 340 g/mol. The van der Waals surface area contributed by atoms with Crippen LogP contribution in [0.4, 0.5) is 0 Å². The van der Waals surface area contributed by atoms with Crippen molar-refractivity contribution >= 4 is 11.6 Å². The van der Waals surface area contributed by atoms with Gasteiger partial charge in [-0.25, -0.2) is 9.50 Å². The molecule has 1 aliphatic rings. The molecule has 25 heavy (non-hydrogen) atoms. The van der Waals surface area contributed by atoms with Crippen LogP contribution >= 0.6 is 0 Å². The standard InChI is InChI=1S/C17H20N6O2/c1-11-13(9-18-14-7-8-20-23(11)14)17(24)19-10-15-21-16(22-25-15)12-5-3-2-4-6-12/h7-9,12H,2-6,10H2,1H3,(H,19,24). The Bertz CT molecular complexity index is 894. The van der Waals surface area contributed by atoms with Gasteiger partial charge in [0.1, 0.15) is 0 Å². The lowest BCUT2D eigenvalue weighted by Crippen LogP contribution is -2.25. The van der Waals surface area contributed by atoms with Crippen LogP contribution in [-0.4, -0.2) is 30.6 Å². The second-order valence-corrected chi connectivity index (χ2v) is 6.42. The zero-order valence-electron chi connectivity index (χ0n) is 14.1. The summed E-state index contributed by atoms with van der Waals surface area (Å²) in [7, 11) is 0. The number of nitrogens with one attached hydrogen (secondary N) is 1. The van der Waals surface area contributed by atoms with E-state index in [2.05, 4.69) is 25.5 Å². The van der Waals surface area contributed by atoms with E-state index in [4.69, 9.17) is 4.52 Å². The first-order valence-electron chi connectivity index (χ1n) is 8.62. The zero-order valence-corrected chi connectivity index (χ0v) is 14.1. The van der Waals surface area contributed by atoms with E-state index in [1.807, 2.05) is 6.92 Å². The smallest absolute Gasteiger partial charge is 0.255 e. The first-order chi connectivity index (χ1) is 12.2. The van der Waals surface area contributed by atoms with E-state index in [0.29, 0.717) is 23.0 Å². The summed E-state index contributed by atoms with van der Waals surface area (Å²) in [5, 5.41) is 11.1. The fourth-order valence-corrected chi connectivity index (χ4v) is 3.33. The molecule has 0 aromatic carbocycles. The van der Waals surface area contributed by atoms with Crippen molar-refractivity contribution in [2.45, 2.75) is 51.5 Å². The largest absolute Gasteiger partial charge is 0.343 e. The molecule has 3 heterocycles. The number of hydrogen-bond donors (Lipinski definition) is 1. The number of nitrogens with zero attached hydrogens (tertiary/aromatic N) is 5. The third-order valence-electron chi connectivity index (χ3n) is 4.76. The number of fused-ring (bicyclic) bond motifs is 1. The van der Waals surface area contributed by atoms with Crippen LogP contribution in [0.1, 0.15) is 65.8 Å². The molecule has 1 saturated carbocycles. The maximum absolute atomic E-state index is 12.4. The van der Waals surface area contributed by atoms with Crippen molar-refractivity contribution in [3.8, 4) is 0 Å². The van der Waals surface area contributed by atoms with Crippen molar-refractivity contribution in [1.29, 1.82) is 0 Å². The van der Waals surface area contributed by atoms with Crippen molar-refractivity contribution in [3.63, 3.8) is 0 Å². The molecule has 1 fully saturated rings. The van der Waals surface area contributed by atoms with Crippen molar-refractivity contribution in [1.82, 2.24) is 30.1 Å². The van der Waals surface area contributed by atoms with Gasteiger partial charge in [0.15, 0.2) is 11.5 Å². The Kier molecular flexibility index (Phi) is 4.17. The van der Waals surface area contributed by atoms with Crippen LogP contribution in [0.2, 0.25) is 0 Å². The number of amides is 1. The van der Waals surface area contributed by atoms with Crippen LogP contribution in [0.15, 0.2) is 23.0 Å². The van der Waals surface area contributed by atoms with Gasteiger partial charge in [0.25, 0.3) is 5.91 Å². The lowest BCUT2D eigenvalue weighted by atomic mass is 9.89. The molecule has 0 aliphatic heterocycles. The van der Waals surface area contributed by atoms with Gasteiger partial charge < -0.3 is 9.84 Å². The van der Waals surface area contributed by atoms with Gasteiger partial charge in [0, 0.05) is 18.2 Å². The molecule has 0 atom stereocenters. The molecule has 4 rings (SSSR count). The van der Waals surface area contributed by atoms with Gasteiger partial charge in [-0.2, -0.15) is 10.1 Å². The first kappa shape index (κ1) is 15.7. The van der Waals surface area contributed by atoms with E-state index in [0.717, 1.165) is 24.4 Å². The molecule has 3 aromatic heterocycles. The Labute approximate surface area is 144 Å². The topological polar surface area (TPSA) is 98.2 Å². The number of rotatable bonds is 4. The summed E-state index contributed by atoms with van der Waals surface area (Å²) < 4.78 is 6.92. The molecule has 0 unspecified atom stereocenters. The molecule has 1 aliphatic carbocycles. The number of aryl methyl sites for hydroxylation is 1. The Morgan fingerprint density at radius 3 is 3.04 bits per heavy atom. The van der Waals surface area contributed by atoms with Gasteiger partial charge in [-0.1, -0.05) is 24.4 Å². The Balaban J connectivity index is 1.43. The highest BCUT2D eigenvalue weighted by Gasteiger charge is 2.21. The van der Waals surface area contributed by atoms with Gasteiger partial charge in [0.05, 0.1) is 24.0 Å². The molecule has 1 N–H and O–H groups in total. The van der Waals surface area contributed by atoms with Gasteiger partial charge in [0.2, 0.25) is 5.89 Å². The number of carbonyl (C=O) groups is 1. The van der Waals surface area contributed by atoms with E-state index >= 15 is 0 Å². The van der Waals surface area contributed by atoms with Crippen LogP contribution in [0.25, 0.3) is 5.65 Å². The summed E-state index contributed by atoms with van der Waals surface area (Å²) in [6, 6.07) is 1.79. The van der Waals surface area contributed by atoms with E-state index in [1.165, 1.54) is 19.3 Å². The van der Waals surface area contributed by atoms with Crippen molar-refractivity contribution in [2.24, 2.45) is 0 Å². The second kappa shape index (κ2) is 6.62. The SMILES string of the molecule is Cc1c(C(=O)NCc2nc(C3CCCCC3)no2)cnc2ccnn12. The summed E-state index contributed by atoms with van der Waals surface area (Å²) in [6.45, 7) is 2.04. The molecule has 0 radical (unpaired) electrons. The first-order valence-corrected chi connectivity index (χ1v) is 8.62. The molecule has 8 nitrogen and oxygen atoms in total. The Morgan fingerprint density at radius 1 is 1.36 bits per heavy atom. The maximum atomic E-state index is 12.4. The van der Waals surface area contributed by atoms with E-state index < -0.39 is 0 Å². The zero-order chi connectivity index (χ0) is 17.2. The average Bonchev–Trinajstić information content (AvgIpc) is 3.30. The summed E-state index contributed by atoms with van der Waals surface area (Å²) >= 11 is 0. The number of hydrogen-bond acceptors (Lipinski definition) is 6. The summed E-state index contributed by atoms with van der Waals surface area (Å²) in [6.07, 6.45) is 9.15. The predicted molar refractivity (Wildman–Crippen MR) is 89.0 cm³/mol. The van der Waals surface area contributed by atoms with Gasteiger partial charge in [-0.15, -0.1) is 0 Å². The van der Waals surface area contributed by atoms with Gasteiger partial charge in [-0.3, -0.25) is 4.79 Å². The van der Waals surface area contributed by atoms with Crippen molar-refractivity contribution in [3.05, 3.63) is 41.4 Å². The summed E-state index contributed by atoms with van der Waals surface area (Å²) in [4.78, 5) is 21.1. The van der Waals surface area contributed by atoms with E-state index in [1.54, 1.807) is 23.0 Å². The molecule has 130 valence electrons. The van der Waals surface area contributed by atoms with Crippen LogP contribution < -0.4 is 5.32 Å². The van der Waals surface area contributed by atoms with Crippen LogP contribution in [-0.2, 0) is 6.54 Å². The fourth-order valence-electron chi connectivity index (χ4n) is 3.33. The highest BCUT2D eigenvalue weighted by Crippen LogP contribution is 2.30. The monoisotopic (exact) mass is 340 g/mol. The number of aromatic nitrogens is 5. The predicted octanol–water partition coefficient (Wildman–Crippen LogP) is 2.40. The molecule has 0 saturated heterocycles. The molecule has 0 bridgehead atoms. The normalized spacial score (nSPS) is 15.6. The molecule has 8 heteroatoms. The highest BCUT2D eigenvalue weighted by molar-refractivity contribution is 5.95. The van der Waals surface area contributed by atoms with Crippen LogP contribution in [0, 0.1) is 6.92 Å². The molecular weight excluding hydrogens is 320 g/mol. The Hall–Kier alpha value is -2.77. The Morgan fingerprint density at radius 2 is 2.20 bits per heavy atom. The third-order valence-corrected chi connectivity index (χ3v) is 4.76. The van der Waals surface area contributed by atoms with Crippen molar-refractivity contribution in [2.75, 3.05) is 0 Å². The van der Waals surface area contributed by atoms with Crippen molar-refractivity contribution < 1.29 is 9.32 Å². The minimum absolute atomic E-state index is 0.204. The maximum Gasteiger partial charge on any atom is 0.255 e. The van der Waals surface area contributed by atoms with Gasteiger partial charge in [-0.05, 0) is 19.8 Å². The van der Waals surface area contributed by atoms with Crippen LogP contribution in [0.5, 0.6) is 0 Å². The fraction of sp³-hybridized carbons (Fsp3) is 0.471. The summed E-state index contributed by atoms with van der Waals surface area (Å²) in [5.74, 6) is 1.34. The van der Waals surface area contributed by atoms with Gasteiger partial charge >= 0.3 is 0 Å². The quantitative estimate of drug-likeness (QED) is 0.783. The van der Waals surface area contributed by atoms with E-state index in [9.17, 15) is 4.79 Å². The lowest BCUT2D eigenvalue weighted by molar-refractivity contribution is 0.0944. The van der Waals surface area contributed by atoms with E-state index in [-0.39, 0.29) is 12.5 Å². The molecule has 3 aromatic rings. The van der Waals surface area contributed by atoms with Crippen LogP contribution in [0.3, 0.4) is 0 Å². The molecule has 0 spiro atoms. The molecule has 1 amide bonds. The third kappa shape index (κ3) is 3.11. The lowest BCUT2D eigenvalue weighted by Gasteiger charge is -2.17.